The molecule has 0 aliphatic carbocycles. The second kappa shape index (κ2) is 8.31. The van der Waals surface area contributed by atoms with Gasteiger partial charge in [-0.25, -0.2) is 4.79 Å². The molecule has 3 rings (SSSR count). The molecule has 0 spiro atoms. The zero-order valence-electron chi connectivity index (χ0n) is 14.7. The number of nitrogens with zero attached hydrogens (tertiary/aromatic N) is 2. The van der Waals surface area contributed by atoms with Crippen LogP contribution in [0.4, 0.5) is 10.5 Å². The van der Waals surface area contributed by atoms with Crippen molar-refractivity contribution in [3.63, 3.8) is 0 Å². The summed E-state index contributed by atoms with van der Waals surface area (Å²) in [6, 6.07) is 7.07. The number of carbonyl (C=O) groups is 2. The molecule has 7 nitrogen and oxygen atoms in total. The van der Waals surface area contributed by atoms with Gasteiger partial charge in [0.2, 0.25) is 0 Å². The monoisotopic (exact) mass is 346 g/mol. The van der Waals surface area contributed by atoms with Gasteiger partial charge in [0.05, 0.1) is 13.2 Å². The molecule has 0 bridgehead atoms. The minimum atomic E-state index is -0.193. The highest BCUT2D eigenvalue weighted by Gasteiger charge is 2.20. The smallest absolute Gasteiger partial charge is 0.319 e. The molecule has 1 aromatic rings. The van der Waals surface area contributed by atoms with E-state index in [0.717, 1.165) is 25.9 Å². The lowest BCUT2D eigenvalue weighted by molar-refractivity contribution is 0.0303. The predicted octanol–water partition coefficient (Wildman–Crippen LogP) is 1.37. The quantitative estimate of drug-likeness (QED) is 0.867. The van der Waals surface area contributed by atoms with Crippen molar-refractivity contribution in [1.82, 2.24) is 15.1 Å². The topological polar surface area (TPSA) is 73.9 Å². The van der Waals surface area contributed by atoms with Crippen LogP contribution >= 0.6 is 0 Å². The van der Waals surface area contributed by atoms with Gasteiger partial charge in [0, 0.05) is 30.4 Å². The van der Waals surface area contributed by atoms with Crippen LogP contribution in [-0.4, -0.2) is 74.2 Å². The molecule has 2 heterocycles. The molecule has 2 N–H and O–H groups in total. The van der Waals surface area contributed by atoms with Crippen molar-refractivity contribution in [3.05, 3.63) is 29.8 Å². The van der Waals surface area contributed by atoms with Gasteiger partial charge in [0.15, 0.2) is 0 Å². The van der Waals surface area contributed by atoms with Gasteiger partial charge in [0.25, 0.3) is 5.91 Å². The number of rotatable bonds is 3. The Labute approximate surface area is 148 Å². The molecule has 2 aliphatic heterocycles. The van der Waals surface area contributed by atoms with Crippen molar-refractivity contribution in [2.24, 2.45) is 0 Å². The second-order valence-electron chi connectivity index (χ2n) is 6.66. The third-order valence-electron chi connectivity index (χ3n) is 4.74. The average Bonchev–Trinajstić information content (AvgIpc) is 2.64. The lowest BCUT2D eigenvalue weighted by atomic mass is 10.1. The van der Waals surface area contributed by atoms with Crippen molar-refractivity contribution >= 4 is 17.6 Å². The lowest BCUT2D eigenvalue weighted by Gasteiger charge is -2.29. The fraction of sp³-hybridized carbons (Fsp3) is 0.556. The van der Waals surface area contributed by atoms with E-state index in [-0.39, 0.29) is 18.0 Å². The molecular weight excluding hydrogens is 320 g/mol. The van der Waals surface area contributed by atoms with Crippen LogP contribution in [0.3, 0.4) is 0 Å². The minimum absolute atomic E-state index is 0.00521. The molecule has 2 aliphatic rings. The van der Waals surface area contributed by atoms with Crippen LogP contribution in [0.5, 0.6) is 0 Å². The summed E-state index contributed by atoms with van der Waals surface area (Å²) in [5, 5.41) is 5.85. The highest BCUT2D eigenvalue weighted by molar-refractivity contribution is 5.95. The molecule has 136 valence electrons. The van der Waals surface area contributed by atoms with Crippen LogP contribution in [0.1, 0.15) is 23.2 Å². The van der Waals surface area contributed by atoms with E-state index in [0.29, 0.717) is 37.6 Å². The number of hydrogen-bond donors (Lipinski definition) is 2. The Bertz CT molecular complexity index is 591. The minimum Gasteiger partial charge on any atom is -0.378 e. The normalized spacial score (nSPS) is 19.5. The number of anilines is 1. The van der Waals surface area contributed by atoms with E-state index in [9.17, 15) is 9.59 Å². The number of morpholine rings is 1. The molecule has 0 aromatic heterocycles. The molecule has 2 fully saturated rings. The Kier molecular flexibility index (Phi) is 5.88. The van der Waals surface area contributed by atoms with Crippen molar-refractivity contribution in [2.75, 3.05) is 51.8 Å². The summed E-state index contributed by atoms with van der Waals surface area (Å²) in [6.07, 6.45) is 1.94. The molecule has 25 heavy (non-hydrogen) atoms. The molecule has 0 unspecified atom stereocenters. The fourth-order valence-corrected chi connectivity index (χ4v) is 3.15. The number of carbonyl (C=O) groups excluding carboxylic acids is 2. The number of benzene rings is 1. The third kappa shape index (κ3) is 4.93. The first-order valence-electron chi connectivity index (χ1n) is 8.85. The molecule has 7 heteroatoms. The summed E-state index contributed by atoms with van der Waals surface area (Å²) in [5.41, 5.74) is 1.31. The van der Waals surface area contributed by atoms with Gasteiger partial charge in [-0.15, -0.1) is 0 Å². The SMILES string of the molecule is CN1CCC(NC(=O)Nc2ccc(C(=O)N3CCOCC3)cc2)CC1. The summed E-state index contributed by atoms with van der Waals surface area (Å²) >= 11 is 0. The summed E-state index contributed by atoms with van der Waals surface area (Å²) in [4.78, 5) is 28.5. The van der Waals surface area contributed by atoms with E-state index in [1.807, 2.05) is 0 Å². The van der Waals surface area contributed by atoms with Crippen LogP contribution in [0.25, 0.3) is 0 Å². The Balaban J connectivity index is 1.50. The van der Waals surface area contributed by atoms with E-state index in [4.69, 9.17) is 4.74 Å². The number of amides is 3. The fourth-order valence-electron chi connectivity index (χ4n) is 3.15. The summed E-state index contributed by atoms with van der Waals surface area (Å²) < 4.78 is 5.27. The predicted molar refractivity (Wildman–Crippen MR) is 95.8 cm³/mol. The van der Waals surface area contributed by atoms with Gasteiger partial charge in [-0.3, -0.25) is 4.79 Å². The molecular formula is C18H26N4O3. The molecule has 0 radical (unpaired) electrons. The van der Waals surface area contributed by atoms with Gasteiger partial charge in [-0.1, -0.05) is 0 Å². The Morgan fingerprint density at radius 3 is 2.32 bits per heavy atom. The summed E-state index contributed by atoms with van der Waals surface area (Å²) in [7, 11) is 2.09. The molecule has 1 aromatic carbocycles. The first-order valence-corrected chi connectivity index (χ1v) is 8.85. The van der Waals surface area contributed by atoms with Gasteiger partial charge in [-0.05, 0) is 57.2 Å². The number of likely N-dealkylation sites (tertiary alicyclic amines) is 1. The van der Waals surface area contributed by atoms with E-state index in [2.05, 4.69) is 22.6 Å². The zero-order chi connectivity index (χ0) is 17.6. The van der Waals surface area contributed by atoms with Crippen molar-refractivity contribution < 1.29 is 14.3 Å². The number of nitrogens with one attached hydrogen (secondary N) is 2. The van der Waals surface area contributed by atoms with Gasteiger partial charge in [-0.2, -0.15) is 0 Å². The number of ether oxygens (including phenoxy) is 1. The third-order valence-corrected chi connectivity index (χ3v) is 4.74. The van der Waals surface area contributed by atoms with Crippen LogP contribution in [0.2, 0.25) is 0 Å². The van der Waals surface area contributed by atoms with Crippen molar-refractivity contribution in [1.29, 1.82) is 0 Å². The largest absolute Gasteiger partial charge is 0.378 e. The molecule has 3 amide bonds. The van der Waals surface area contributed by atoms with Crippen molar-refractivity contribution in [3.8, 4) is 0 Å². The maximum absolute atomic E-state index is 12.4. The second-order valence-corrected chi connectivity index (χ2v) is 6.66. The van der Waals surface area contributed by atoms with Gasteiger partial charge >= 0.3 is 6.03 Å². The lowest BCUT2D eigenvalue weighted by Crippen LogP contribution is -2.44. The van der Waals surface area contributed by atoms with Gasteiger partial charge < -0.3 is 25.2 Å². The van der Waals surface area contributed by atoms with E-state index in [1.54, 1.807) is 29.2 Å². The summed E-state index contributed by atoms with van der Waals surface area (Å²) in [5.74, 6) is 0.00521. The van der Waals surface area contributed by atoms with Crippen molar-refractivity contribution in [2.45, 2.75) is 18.9 Å². The molecule has 0 saturated carbocycles. The van der Waals surface area contributed by atoms with E-state index in [1.165, 1.54) is 0 Å². The Hall–Kier alpha value is -2.12. The molecule has 0 atom stereocenters. The van der Waals surface area contributed by atoms with Crippen LogP contribution in [0, 0.1) is 0 Å². The van der Waals surface area contributed by atoms with E-state index >= 15 is 0 Å². The highest BCUT2D eigenvalue weighted by Crippen LogP contribution is 2.13. The molecule has 2 saturated heterocycles. The number of urea groups is 1. The van der Waals surface area contributed by atoms with E-state index < -0.39 is 0 Å². The first kappa shape index (κ1) is 17.7. The average molecular weight is 346 g/mol. The van der Waals surface area contributed by atoms with Crippen LogP contribution in [0.15, 0.2) is 24.3 Å². The number of piperidine rings is 1. The van der Waals surface area contributed by atoms with Crippen LogP contribution < -0.4 is 10.6 Å². The first-order chi connectivity index (χ1) is 12.1. The Morgan fingerprint density at radius 2 is 1.68 bits per heavy atom. The summed E-state index contributed by atoms with van der Waals surface area (Å²) in [6.45, 7) is 4.42. The highest BCUT2D eigenvalue weighted by atomic mass is 16.5. The van der Waals surface area contributed by atoms with Crippen LogP contribution in [-0.2, 0) is 4.74 Å². The standard InChI is InChI=1S/C18H26N4O3/c1-21-8-6-16(7-9-21)20-18(24)19-15-4-2-14(3-5-15)17(23)22-10-12-25-13-11-22/h2-5,16H,6-13H2,1H3,(H2,19,20,24). The van der Waals surface area contributed by atoms with Gasteiger partial charge in [0.1, 0.15) is 0 Å². The number of hydrogen-bond acceptors (Lipinski definition) is 4. The Morgan fingerprint density at radius 1 is 1.04 bits per heavy atom. The maximum atomic E-state index is 12.4. The maximum Gasteiger partial charge on any atom is 0.319 e. The zero-order valence-corrected chi connectivity index (χ0v) is 14.7.